The first-order valence-corrected chi connectivity index (χ1v) is 6.39. The molecule has 1 fully saturated rings. The van der Waals surface area contributed by atoms with E-state index < -0.39 is 17.2 Å². The Bertz CT molecular complexity index is 358. The molecule has 102 valence electrons. The molecule has 2 amide bonds. The maximum Gasteiger partial charge on any atom is 0.312 e. The lowest BCUT2D eigenvalue weighted by Crippen LogP contribution is -2.56. The summed E-state index contributed by atoms with van der Waals surface area (Å²) in [4.78, 5) is 38.4. The van der Waals surface area contributed by atoms with Crippen molar-refractivity contribution in [2.45, 2.75) is 34.1 Å². The Balaban J connectivity index is 2.64. The predicted octanol–water partition coefficient (Wildman–Crippen LogP) is 0.682. The molecule has 18 heavy (non-hydrogen) atoms. The summed E-state index contributed by atoms with van der Waals surface area (Å²) in [6.07, 6.45) is 0.833. The van der Waals surface area contributed by atoms with Crippen LogP contribution in [-0.4, -0.2) is 53.6 Å². The van der Waals surface area contributed by atoms with Gasteiger partial charge in [0.05, 0.1) is 6.54 Å². The monoisotopic (exact) mass is 254 g/mol. The van der Waals surface area contributed by atoms with E-state index in [2.05, 4.69) is 0 Å². The molecule has 0 bridgehead atoms. The zero-order chi connectivity index (χ0) is 13.9. The van der Waals surface area contributed by atoms with Crippen molar-refractivity contribution in [3.63, 3.8) is 0 Å². The van der Waals surface area contributed by atoms with Gasteiger partial charge >= 0.3 is 11.8 Å². The number of piperazine rings is 1. The second kappa shape index (κ2) is 5.50. The van der Waals surface area contributed by atoms with Crippen LogP contribution in [-0.2, 0) is 14.4 Å². The van der Waals surface area contributed by atoms with Crippen LogP contribution in [0.15, 0.2) is 0 Å². The van der Waals surface area contributed by atoms with E-state index in [1.807, 2.05) is 27.7 Å². The molecule has 1 rings (SSSR count). The average Bonchev–Trinajstić information content (AvgIpc) is 2.27. The van der Waals surface area contributed by atoms with Gasteiger partial charge in [-0.2, -0.15) is 0 Å². The highest BCUT2D eigenvalue weighted by atomic mass is 16.2. The molecule has 1 aliphatic rings. The molecule has 0 N–H and O–H groups in total. The van der Waals surface area contributed by atoms with E-state index >= 15 is 0 Å². The van der Waals surface area contributed by atoms with Crippen molar-refractivity contribution < 1.29 is 14.4 Å². The van der Waals surface area contributed by atoms with Crippen molar-refractivity contribution in [3.05, 3.63) is 0 Å². The third-order valence-corrected chi connectivity index (χ3v) is 3.06. The first-order valence-electron chi connectivity index (χ1n) is 6.39. The molecule has 0 unspecified atom stereocenters. The largest absolute Gasteiger partial charge is 0.333 e. The van der Waals surface area contributed by atoms with Crippen LogP contribution < -0.4 is 0 Å². The fourth-order valence-corrected chi connectivity index (χ4v) is 1.76. The Morgan fingerprint density at radius 1 is 1.11 bits per heavy atom. The number of amides is 2. The lowest BCUT2D eigenvalue weighted by molar-refractivity contribution is -0.157. The van der Waals surface area contributed by atoms with Crippen LogP contribution in [0.2, 0.25) is 0 Å². The van der Waals surface area contributed by atoms with Crippen molar-refractivity contribution in [2.75, 3.05) is 26.2 Å². The fourth-order valence-electron chi connectivity index (χ4n) is 1.76. The van der Waals surface area contributed by atoms with E-state index in [1.54, 1.807) is 4.90 Å². The lowest BCUT2D eigenvalue weighted by atomic mass is 9.90. The van der Waals surface area contributed by atoms with Crippen LogP contribution in [0.25, 0.3) is 0 Å². The molecular formula is C13H22N2O3. The Labute approximate surface area is 108 Å². The number of Topliss-reactive ketones (excluding diaryl/α,β-unsaturated/α-hetero) is 1. The molecular weight excluding hydrogens is 232 g/mol. The first kappa shape index (κ1) is 14.7. The molecule has 0 saturated carbocycles. The lowest BCUT2D eigenvalue weighted by Gasteiger charge is -2.34. The number of ketones is 1. The van der Waals surface area contributed by atoms with E-state index in [4.69, 9.17) is 0 Å². The highest BCUT2D eigenvalue weighted by Crippen LogP contribution is 2.16. The topological polar surface area (TPSA) is 57.7 Å². The van der Waals surface area contributed by atoms with Gasteiger partial charge in [0.1, 0.15) is 0 Å². The summed E-state index contributed by atoms with van der Waals surface area (Å²) >= 11 is 0. The van der Waals surface area contributed by atoms with Gasteiger partial charge in [0.25, 0.3) is 0 Å². The minimum atomic E-state index is -0.549. The molecule has 5 heteroatoms. The van der Waals surface area contributed by atoms with Gasteiger partial charge in [-0.1, -0.05) is 27.7 Å². The molecule has 0 radical (unpaired) electrons. The van der Waals surface area contributed by atoms with Crippen LogP contribution in [0, 0.1) is 5.41 Å². The first-order chi connectivity index (χ1) is 8.27. The summed E-state index contributed by atoms with van der Waals surface area (Å²) in [5, 5.41) is 0. The molecule has 1 saturated heterocycles. The third-order valence-electron chi connectivity index (χ3n) is 3.06. The summed E-state index contributed by atoms with van der Waals surface area (Å²) in [5.41, 5.74) is -0.482. The standard InChI is InChI=1S/C13H22N2O3/c1-5-6-14-7-8-15(12(18)11(14)17)9-10(16)13(2,3)4/h5-9H2,1-4H3. The second-order valence-electron chi connectivity index (χ2n) is 5.69. The summed E-state index contributed by atoms with van der Waals surface area (Å²) in [5.74, 6) is -1.05. The number of hydrogen-bond donors (Lipinski definition) is 0. The van der Waals surface area contributed by atoms with Gasteiger partial charge in [-0.3, -0.25) is 14.4 Å². The highest BCUT2D eigenvalue weighted by Gasteiger charge is 2.34. The van der Waals surface area contributed by atoms with Crippen molar-refractivity contribution in [2.24, 2.45) is 5.41 Å². The quantitative estimate of drug-likeness (QED) is 0.693. The van der Waals surface area contributed by atoms with Crippen LogP contribution in [0.3, 0.4) is 0 Å². The van der Waals surface area contributed by atoms with Crippen molar-refractivity contribution in [1.82, 2.24) is 9.80 Å². The van der Waals surface area contributed by atoms with Gasteiger partial charge in [0, 0.05) is 25.0 Å². The van der Waals surface area contributed by atoms with E-state index in [0.29, 0.717) is 19.6 Å². The zero-order valence-electron chi connectivity index (χ0n) is 11.7. The second-order valence-corrected chi connectivity index (χ2v) is 5.69. The van der Waals surface area contributed by atoms with Crippen LogP contribution in [0.1, 0.15) is 34.1 Å². The minimum absolute atomic E-state index is 0.0207. The Morgan fingerprint density at radius 3 is 2.11 bits per heavy atom. The van der Waals surface area contributed by atoms with Crippen molar-refractivity contribution in [1.29, 1.82) is 0 Å². The highest BCUT2D eigenvalue weighted by molar-refractivity contribution is 6.35. The van der Waals surface area contributed by atoms with Gasteiger partial charge < -0.3 is 9.80 Å². The van der Waals surface area contributed by atoms with Crippen LogP contribution in [0.4, 0.5) is 0 Å². The molecule has 0 spiro atoms. The van der Waals surface area contributed by atoms with E-state index in [9.17, 15) is 14.4 Å². The summed E-state index contributed by atoms with van der Waals surface area (Å²) in [6.45, 7) is 9.02. The molecule has 0 atom stereocenters. The van der Waals surface area contributed by atoms with E-state index in [0.717, 1.165) is 6.42 Å². The normalized spacial score (nSPS) is 17.3. The number of carbonyl (C=O) groups excluding carboxylic acids is 3. The van der Waals surface area contributed by atoms with Gasteiger partial charge in [-0.15, -0.1) is 0 Å². The Hall–Kier alpha value is -1.39. The molecule has 0 aliphatic carbocycles. The third kappa shape index (κ3) is 3.31. The minimum Gasteiger partial charge on any atom is -0.333 e. The summed E-state index contributed by atoms with van der Waals surface area (Å²) in [6, 6.07) is 0. The summed E-state index contributed by atoms with van der Waals surface area (Å²) in [7, 11) is 0. The maximum atomic E-state index is 11.9. The average molecular weight is 254 g/mol. The molecule has 0 aromatic rings. The predicted molar refractivity (Wildman–Crippen MR) is 67.9 cm³/mol. The Kier molecular flexibility index (Phi) is 4.48. The van der Waals surface area contributed by atoms with Crippen molar-refractivity contribution >= 4 is 17.6 Å². The maximum absolute atomic E-state index is 11.9. The van der Waals surface area contributed by atoms with Crippen LogP contribution in [0.5, 0.6) is 0 Å². The smallest absolute Gasteiger partial charge is 0.312 e. The molecule has 0 aromatic heterocycles. The van der Waals surface area contributed by atoms with Gasteiger partial charge in [-0.25, -0.2) is 0 Å². The Morgan fingerprint density at radius 2 is 1.61 bits per heavy atom. The SMILES string of the molecule is CCCN1CCN(CC(=O)C(C)(C)C)C(=O)C1=O. The number of nitrogens with zero attached hydrogens (tertiary/aromatic N) is 2. The molecule has 0 aromatic carbocycles. The number of carbonyl (C=O) groups is 3. The molecule has 5 nitrogen and oxygen atoms in total. The van der Waals surface area contributed by atoms with Gasteiger partial charge in [0.15, 0.2) is 5.78 Å². The van der Waals surface area contributed by atoms with E-state index in [-0.39, 0.29) is 12.3 Å². The molecule has 1 aliphatic heterocycles. The fraction of sp³-hybridized carbons (Fsp3) is 0.769. The molecule has 1 heterocycles. The summed E-state index contributed by atoms with van der Waals surface area (Å²) < 4.78 is 0. The van der Waals surface area contributed by atoms with Crippen molar-refractivity contribution in [3.8, 4) is 0 Å². The van der Waals surface area contributed by atoms with Gasteiger partial charge in [-0.05, 0) is 6.42 Å². The van der Waals surface area contributed by atoms with Gasteiger partial charge in [0.2, 0.25) is 0 Å². The van der Waals surface area contributed by atoms with Crippen LogP contribution >= 0.6 is 0 Å². The number of hydrogen-bond acceptors (Lipinski definition) is 3. The zero-order valence-corrected chi connectivity index (χ0v) is 11.7. The van der Waals surface area contributed by atoms with E-state index in [1.165, 1.54) is 4.90 Å². The number of rotatable bonds is 4.